The number of ether oxygens (including phenoxy) is 3. The average molecular weight is 422 g/mol. The summed E-state index contributed by atoms with van der Waals surface area (Å²) in [5, 5.41) is 4.64. The lowest BCUT2D eigenvalue weighted by Crippen LogP contribution is -2.36. The van der Waals surface area contributed by atoms with E-state index in [-0.39, 0.29) is 5.91 Å². The van der Waals surface area contributed by atoms with E-state index in [0.717, 1.165) is 28.9 Å². The van der Waals surface area contributed by atoms with Crippen LogP contribution in [-0.4, -0.2) is 46.3 Å². The van der Waals surface area contributed by atoms with Gasteiger partial charge in [-0.05, 0) is 30.7 Å². The van der Waals surface area contributed by atoms with Crippen LogP contribution in [0.5, 0.6) is 17.4 Å². The molecule has 8 heteroatoms. The fourth-order valence-corrected chi connectivity index (χ4v) is 3.80. The number of rotatable bonds is 6. The highest BCUT2D eigenvalue weighted by molar-refractivity contribution is 5.95. The van der Waals surface area contributed by atoms with Crippen LogP contribution in [0, 0.1) is 6.92 Å². The van der Waals surface area contributed by atoms with Gasteiger partial charge in [0.25, 0.3) is 5.91 Å². The highest BCUT2D eigenvalue weighted by Crippen LogP contribution is 2.27. The number of carbonyl (C=O) groups is 1. The van der Waals surface area contributed by atoms with Crippen molar-refractivity contribution in [1.82, 2.24) is 19.7 Å². The number of aromatic nitrogens is 3. The third kappa shape index (κ3) is 4.33. The van der Waals surface area contributed by atoms with Gasteiger partial charge in [-0.25, -0.2) is 4.98 Å². The van der Waals surface area contributed by atoms with E-state index >= 15 is 0 Å². The fraction of sp³-hybridized carbons (Fsp3) is 0.348. The monoisotopic (exact) mass is 422 g/mol. The summed E-state index contributed by atoms with van der Waals surface area (Å²) in [6.07, 6.45) is 2.45. The summed E-state index contributed by atoms with van der Waals surface area (Å²) in [4.78, 5) is 19.3. The summed E-state index contributed by atoms with van der Waals surface area (Å²) in [6, 6.07) is 9.03. The van der Waals surface area contributed by atoms with Crippen molar-refractivity contribution in [1.29, 1.82) is 0 Å². The van der Waals surface area contributed by atoms with Gasteiger partial charge in [-0.15, -0.1) is 0 Å². The average Bonchev–Trinajstić information content (AvgIpc) is 3.11. The molecule has 1 amide bonds. The summed E-state index contributed by atoms with van der Waals surface area (Å²) < 4.78 is 18.4. The Bertz CT molecular complexity index is 1090. The van der Waals surface area contributed by atoms with Gasteiger partial charge in [-0.2, -0.15) is 5.10 Å². The van der Waals surface area contributed by atoms with E-state index in [4.69, 9.17) is 14.2 Å². The maximum atomic E-state index is 13.2. The van der Waals surface area contributed by atoms with Crippen molar-refractivity contribution in [2.24, 2.45) is 7.05 Å². The molecule has 1 aliphatic heterocycles. The molecule has 0 saturated carbocycles. The number of pyridine rings is 1. The number of methoxy groups -OCH3 is 2. The molecule has 0 radical (unpaired) electrons. The van der Waals surface area contributed by atoms with Crippen LogP contribution in [0.4, 0.5) is 0 Å². The van der Waals surface area contributed by atoms with E-state index < -0.39 is 0 Å². The molecule has 0 N–H and O–H groups in total. The van der Waals surface area contributed by atoms with Gasteiger partial charge in [0.05, 0.1) is 14.2 Å². The molecule has 1 aliphatic rings. The number of hydrogen-bond acceptors (Lipinski definition) is 6. The Balaban J connectivity index is 1.54. The van der Waals surface area contributed by atoms with Gasteiger partial charge in [-0.3, -0.25) is 9.48 Å². The van der Waals surface area contributed by atoms with Crippen LogP contribution in [0.1, 0.15) is 32.9 Å². The number of amides is 1. The highest BCUT2D eigenvalue weighted by Gasteiger charge is 2.28. The Morgan fingerprint density at radius 2 is 1.87 bits per heavy atom. The van der Waals surface area contributed by atoms with E-state index in [2.05, 4.69) is 10.1 Å². The molecule has 1 aromatic carbocycles. The van der Waals surface area contributed by atoms with Crippen molar-refractivity contribution >= 4 is 5.91 Å². The fourth-order valence-electron chi connectivity index (χ4n) is 3.80. The Morgan fingerprint density at radius 3 is 2.55 bits per heavy atom. The molecule has 0 aliphatic carbocycles. The maximum Gasteiger partial charge on any atom is 0.254 e. The van der Waals surface area contributed by atoms with Crippen LogP contribution >= 0.6 is 0 Å². The first-order valence-corrected chi connectivity index (χ1v) is 10.1. The quantitative estimate of drug-likeness (QED) is 0.608. The molecule has 0 atom stereocenters. The van der Waals surface area contributed by atoms with Crippen molar-refractivity contribution in [2.75, 3.05) is 20.8 Å². The summed E-state index contributed by atoms with van der Waals surface area (Å²) in [6.45, 7) is 3.38. The van der Waals surface area contributed by atoms with Crippen molar-refractivity contribution in [3.8, 4) is 17.4 Å². The number of hydrogen-bond donors (Lipinski definition) is 0. The van der Waals surface area contributed by atoms with Crippen molar-refractivity contribution in [2.45, 2.75) is 26.5 Å². The standard InChI is InChI=1S/C23H26N4O4/c1-15-5-7-24-22(9-15)31-14-20-19-13-27(8-6-21(19)26(2)25-20)23(28)16-10-17(29-3)12-18(11-16)30-4/h5,7,9-12H,6,8,13-14H2,1-4H3. The summed E-state index contributed by atoms with van der Waals surface area (Å²) >= 11 is 0. The number of aryl methyl sites for hydroxylation is 2. The molecule has 8 nitrogen and oxygen atoms in total. The summed E-state index contributed by atoms with van der Waals surface area (Å²) in [5.74, 6) is 1.66. The van der Waals surface area contributed by atoms with E-state index in [0.29, 0.717) is 42.6 Å². The van der Waals surface area contributed by atoms with Crippen LogP contribution in [0.3, 0.4) is 0 Å². The van der Waals surface area contributed by atoms with Gasteiger partial charge in [0.2, 0.25) is 5.88 Å². The lowest BCUT2D eigenvalue weighted by Gasteiger charge is -2.28. The smallest absolute Gasteiger partial charge is 0.254 e. The first kappa shape index (κ1) is 20.7. The molecule has 31 heavy (non-hydrogen) atoms. The number of nitrogens with zero attached hydrogens (tertiary/aromatic N) is 4. The second-order valence-electron chi connectivity index (χ2n) is 7.53. The van der Waals surface area contributed by atoms with Crippen LogP contribution in [-0.2, 0) is 26.6 Å². The minimum absolute atomic E-state index is 0.0704. The minimum Gasteiger partial charge on any atom is -0.497 e. The van der Waals surface area contributed by atoms with Crippen molar-refractivity contribution in [3.05, 3.63) is 64.6 Å². The molecule has 0 fully saturated rings. The Morgan fingerprint density at radius 1 is 1.13 bits per heavy atom. The Labute approximate surface area is 181 Å². The van der Waals surface area contributed by atoms with E-state index in [1.807, 2.05) is 35.7 Å². The minimum atomic E-state index is -0.0704. The van der Waals surface area contributed by atoms with Crippen LogP contribution in [0.25, 0.3) is 0 Å². The van der Waals surface area contributed by atoms with E-state index in [1.165, 1.54) is 0 Å². The molecule has 0 bridgehead atoms. The second kappa shape index (κ2) is 8.67. The second-order valence-corrected chi connectivity index (χ2v) is 7.53. The molecule has 3 heterocycles. The van der Waals surface area contributed by atoms with Gasteiger partial charge in [-0.1, -0.05) is 0 Å². The largest absolute Gasteiger partial charge is 0.497 e. The predicted molar refractivity (Wildman–Crippen MR) is 115 cm³/mol. The van der Waals surface area contributed by atoms with Crippen LogP contribution in [0.2, 0.25) is 0 Å². The molecular formula is C23H26N4O4. The summed E-state index contributed by atoms with van der Waals surface area (Å²) in [7, 11) is 5.07. The first-order valence-electron chi connectivity index (χ1n) is 10.1. The van der Waals surface area contributed by atoms with E-state index in [9.17, 15) is 4.79 Å². The van der Waals surface area contributed by atoms with E-state index in [1.54, 1.807) is 38.6 Å². The third-order valence-electron chi connectivity index (χ3n) is 5.46. The van der Waals surface area contributed by atoms with Crippen molar-refractivity contribution < 1.29 is 19.0 Å². The maximum absolute atomic E-state index is 13.2. The molecule has 162 valence electrons. The molecule has 0 saturated heterocycles. The molecule has 0 unspecified atom stereocenters. The Hall–Kier alpha value is -3.55. The Kier molecular flexibility index (Phi) is 5.79. The SMILES string of the molecule is COc1cc(OC)cc(C(=O)N2CCc3c(c(COc4cc(C)ccn4)nn3C)C2)c1. The molecule has 4 rings (SSSR count). The van der Waals surface area contributed by atoms with Crippen molar-refractivity contribution in [3.63, 3.8) is 0 Å². The molecular weight excluding hydrogens is 396 g/mol. The van der Waals surface area contributed by atoms with Gasteiger partial charge < -0.3 is 19.1 Å². The number of benzene rings is 1. The lowest BCUT2D eigenvalue weighted by atomic mass is 10.0. The third-order valence-corrected chi connectivity index (χ3v) is 5.46. The zero-order valence-electron chi connectivity index (χ0n) is 18.2. The highest BCUT2D eigenvalue weighted by atomic mass is 16.5. The molecule has 0 spiro atoms. The normalized spacial score (nSPS) is 13.0. The predicted octanol–water partition coefficient (Wildman–Crippen LogP) is 2.92. The zero-order valence-corrected chi connectivity index (χ0v) is 18.2. The summed E-state index contributed by atoms with van der Waals surface area (Å²) in [5.41, 5.74) is 4.60. The van der Waals surface area contributed by atoms with Crippen LogP contribution < -0.4 is 14.2 Å². The van der Waals surface area contributed by atoms with Crippen LogP contribution in [0.15, 0.2) is 36.5 Å². The van der Waals surface area contributed by atoms with Gasteiger partial charge in [0.1, 0.15) is 23.8 Å². The zero-order chi connectivity index (χ0) is 22.0. The van der Waals surface area contributed by atoms with Gasteiger partial charge in [0.15, 0.2) is 0 Å². The first-order chi connectivity index (χ1) is 15.0. The number of fused-ring (bicyclic) bond motifs is 1. The number of carbonyl (C=O) groups excluding carboxylic acids is 1. The van der Waals surface area contributed by atoms with Gasteiger partial charge >= 0.3 is 0 Å². The van der Waals surface area contributed by atoms with Gasteiger partial charge in [0, 0.05) is 61.7 Å². The topological polar surface area (TPSA) is 78.7 Å². The molecule has 2 aromatic heterocycles. The molecule has 3 aromatic rings. The lowest BCUT2D eigenvalue weighted by molar-refractivity contribution is 0.0731.